The molecule has 1 N–H and O–H groups in total. The Morgan fingerprint density at radius 3 is 2.40 bits per heavy atom. The summed E-state index contributed by atoms with van der Waals surface area (Å²) in [7, 11) is 0. The van der Waals surface area contributed by atoms with E-state index in [9.17, 15) is 19.2 Å². The van der Waals surface area contributed by atoms with Gasteiger partial charge in [-0.3, -0.25) is 24.5 Å². The zero-order valence-corrected chi connectivity index (χ0v) is 38.3. The number of carbonyl (C=O) groups excluding carboxylic acids is 4. The van der Waals surface area contributed by atoms with Crippen molar-refractivity contribution in [3.63, 3.8) is 0 Å². The van der Waals surface area contributed by atoms with Gasteiger partial charge in [-0.25, -0.2) is 23.1 Å². The van der Waals surface area contributed by atoms with Crippen molar-refractivity contribution < 1.29 is 37.1 Å². The number of nitrogens with one attached hydrogen (secondary N) is 1. The summed E-state index contributed by atoms with van der Waals surface area (Å²) < 4.78 is 54.7. The van der Waals surface area contributed by atoms with E-state index in [2.05, 4.69) is 26.8 Å². The van der Waals surface area contributed by atoms with Crippen LogP contribution in [0.15, 0.2) is 59.2 Å². The largest absolute Gasteiger partial charge is 0.493 e. The highest BCUT2D eigenvalue weighted by Gasteiger charge is 2.49. The number of piperazine rings is 1. The van der Waals surface area contributed by atoms with Gasteiger partial charge in [0, 0.05) is 55.8 Å². The quantitative estimate of drug-likeness (QED) is 0.142. The third-order valence-electron chi connectivity index (χ3n) is 14.3. The minimum Gasteiger partial charge on any atom is -0.493 e. The average Bonchev–Trinajstić information content (AvgIpc) is 3.61. The minimum atomic E-state index is -0.981. The van der Waals surface area contributed by atoms with E-state index in [0.29, 0.717) is 55.1 Å². The van der Waals surface area contributed by atoms with Crippen molar-refractivity contribution in [2.75, 3.05) is 63.9 Å². The lowest BCUT2D eigenvalue weighted by molar-refractivity contribution is -0.145. The molecule has 1 aromatic carbocycles. The summed E-state index contributed by atoms with van der Waals surface area (Å²) >= 11 is 5.85. The number of halogens is 4. The Bertz CT molecular complexity index is 2430. The topological polar surface area (TPSA) is 128 Å². The smallest absolute Gasteiger partial charge is 0.264 e. The molecule has 0 spiro atoms. The maximum absolute atomic E-state index is 16.8. The first-order valence-electron chi connectivity index (χ1n) is 23.1. The van der Waals surface area contributed by atoms with E-state index in [1.54, 1.807) is 24.0 Å². The normalized spacial score (nSPS) is 25.0. The Kier molecular flexibility index (Phi) is 13.9. The van der Waals surface area contributed by atoms with Crippen LogP contribution in [0.2, 0.25) is 0 Å². The van der Waals surface area contributed by atoms with Crippen LogP contribution in [-0.2, 0) is 19.2 Å². The minimum absolute atomic E-state index is 0.0408. The van der Waals surface area contributed by atoms with E-state index in [-0.39, 0.29) is 64.8 Å². The molecule has 4 amide bonds. The number of aromatic nitrogens is 2. The lowest BCUT2D eigenvalue weighted by Gasteiger charge is -2.37. The summed E-state index contributed by atoms with van der Waals surface area (Å²) in [5, 5.41) is 2.96. The van der Waals surface area contributed by atoms with Crippen LogP contribution >= 0.6 is 11.6 Å². The predicted molar refractivity (Wildman–Crippen MR) is 241 cm³/mol. The number of fused-ring (bicyclic) bond motifs is 2. The SMILES string of the molecule is C=C(Cl)C(=O)N1CCN(c2ncnc3c2=CC(C)(C)C(c2c(F)cccc2OCCCCCCCN2CCC(C4=C(F)C(C)C5C(=O)N(C6CCC(=O)NC6=O)CC5=C4)CC2)C=3F)CC1. The molecule has 0 radical (unpaired) electrons. The van der Waals surface area contributed by atoms with Gasteiger partial charge in [-0.05, 0) is 86.4 Å². The fourth-order valence-electron chi connectivity index (χ4n) is 10.8. The van der Waals surface area contributed by atoms with Crippen LogP contribution in [-0.4, -0.2) is 113 Å². The highest BCUT2D eigenvalue weighted by atomic mass is 35.5. The molecule has 2 aromatic rings. The number of rotatable bonds is 14. The molecule has 5 heterocycles. The number of unbranched alkanes of at least 4 members (excludes halogenated alkanes) is 4. The second-order valence-corrected chi connectivity index (χ2v) is 19.5. The summed E-state index contributed by atoms with van der Waals surface area (Å²) in [6, 6.07) is 3.91. The fourth-order valence-corrected chi connectivity index (χ4v) is 10.9. The summed E-state index contributed by atoms with van der Waals surface area (Å²) in [5.74, 6) is -3.87. The second kappa shape index (κ2) is 19.4. The molecule has 4 aliphatic heterocycles. The molecule has 6 aliphatic rings. The number of hydrogen-bond acceptors (Lipinski definition) is 9. The molecule has 16 heteroatoms. The summed E-state index contributed by atoms with van der Waals surface area (Å²) in [6.45, 7) is 14.2. The number of piperidine rings is 2. The second-order valence-electron chi connectivity index (χ2n) is 19.0. The van der Waals surface area contributed by atoms with E-state index in [1.807, 2.05) is 30.9 Å². The van der Waals surface area contributed by atoms with E-state index in [1.165, 1.54) is 17.3 Å². The van der Waals surface area contributed by atoms with Crippen molar-refractivity contribution in [2.24, 2.45) is 23.2 Å². The third-order valence-corrected chi connectivity index (χ3v) is 14.5. The van der Waals surface area contributed by atoms with Crippen LogP contribution in [0, 0.1) is 29.0 Å². The predicted octanol–water partition coefficient (Wildman–Crippen LogP) is 5.80. The van der Waals surface area contributed by atoms with Crippen LogP contribution in [0.4, 0.5) is 19.0 Å². The number of nitrogens with zero attached hydrogens (tertiary/aromatic N) is 6. The molecule has 0 bridgehead atoms. The number of likely N-dealkylation sites (tertiary alicyclic amines) is 2. The van der Waals surface area contributed by atoms with Crippen molar-refractivity contribution in [1.82, 2.24) is 30.0 Å². The van der Waals surface area contributed by atoms with Gasteiger partial charge in [0.1, 0.15) is 46.8 Å². The number of hydrogen-bond donors (Lipinski definition) is 1. The molecule has 0 saturated carbocycles. The maximum atomic E-state index is 16.8. The molecule has 65 heavy (non-hydrogen) atoms. The van der Waals surface area contributed by atoms with E-state index in [4.69, 9.17) is 16.3 Å². The average molecular weight is 919 g/mol. The third kappa shape index (κ3) is 9.50. The number of ether oxygens (including phenoxy) is 1. The molecular weight excluding hydrogens is 859 g/mol. The Hall–Kier alpha value is -5.02. The lowest BCUT2D eigenvalue weighted by atomic mass is 9.71. The zero-order chi connectivity index (χ0) is 46.2. The van der Waals surface area contributed by atoms with Crippen molar-refractivity contribution in [3.8, 4) is 5.75 Å². The molecular formula is C49H59ClF3N7O5. The molecule has 348 valence electrons. The van der Waals surface area contributed by atoms with Crippen molar-refractivity contribution in [2.45, 2.75) is 90.5 Å². The lowest BCUT2D eigenvalue weighted by Crippen LogP contribution is -2.53. The first-order valence-corrected chi connectivity index (χ1v) is 23.5. The van der Waals surface area contributed by atoms with Gasteiger partial charge in [-0.2, -0.15) is 0 Å². The van der Waals surface area contributed by atoms with Gasteiger partial charge in [-0.1, -0.05) is 76.4 Å². The first-order chi connectivity index (χ1) is 31.1. The van der Waals surface area contributed by atoms with Crippen LogP contribution in [0.1, 0.15) is 90.0 Å². The number of allylic oxidation sites excluding steroid dienone is 3. The Morgan fingerprint density at radius 1 is 0.954 bits per heavy atom. The molecule has 12 nitrogen and oxygen atoms in total. The number of benzene rings is 1. The summed E-state index contributed by atoms with van der Waals surface area (Å²) in [6.07, 6.45) is 12.0. The van der Waals surface area contributed by atoms with Crippen LogP contribution in [0.5, 0.6) is 5.75 Å². The molecule has 4 fully saturated rings. The molecule has 8 rings (SSSR count). The number of amides is 4. The van der Waals surface area contributed by atoms with Crippen LogP contribution in [0.25, 0.3) is 11.9 Å². The standard InChI is InChI=1S/C49H59ClF3N7O5/c1-29-39-32(27-60(48(39)64)36-13-14-38(61)56-46(36)62)25-33(42(29)52)31-15-18-57(19-16-31)17-8-6-5-7-9-24-65-37-12-10-11-35(51)40(37)41-43(53)44-34(26-49(41,3)4)45(55-28-54-44)58-20-22-59(23-21-58)47(63)30(2)50/h10-12,25-26,28-29,31,36,39,41H,2,5-9,13-24,27H2,1,3-4H3,(H,56,61,62). The molecule has 2 aliphatic carbocycles. The van der Waals surface area contributed by atoms with Gasteiger partial charge in [-0.15, -0.1) is 0 Å². The van der Waals surface area contributed by atoms with Gasteiger partial charge < -0.3 is 24.3 Å². The Morgan fingerprint density at radius 2 is 1.68 bits per heavy atom. The Labute approximate surface area is 383 Å². The monoisotopic (exact) mass is 917 g/mol. The van der Waals surface area contributed by atoms with Crippen molar-refractivity contribution in [3.05, 3.63) is 81.1 Å². The Balaban J connectivity index is 0.796. The van der Waals surface area contributed by atoms with Crippen molar-refractivity contribution >= 4 is 53.0 Å². The van der Waals surface area contributed by atoms with E-state index >= 15 is 13.2 Å². The van der Waals surface area contributed by atoms with Gasteiger partial charge in [0.15, 0.2) is 0 Å². The van der Waals surface area contributed by atoms with Crippen molar-refractivity contribution in [1.29, 1.82) is 0 Å². The maximum Gasteiger partial charge on any atom is 0.264 e. The van der Waals surface area contributed by atoms with Gasteiger partial charge in [0.05, 0.1) is 23.5 Å². The molecule has 4 unspecified atom stereocenters. The molecule has 4 atom stereocenters. The molecule has 4 saturated heterocycles. The highest BCUT2D eigenvalue weighted by molar-refractivity contribution is 6.41. The summed E-state index contributed by atoms with van der Waals surface area (Å²) in [5.41, 5.74) is 0.855. The fraction of sp³-hybridized carbons (Fsp3) is 0.551. The van der Waals surface area contributed by atoms with Crippen LogP contribution < -0.4 is 25.5 Å². The zero-order valence-electron chi connectivity index (χ0n) is 37.5. The van der Waals surface area contributed by atoms with E-state index in [0.717, 1.165) is 70.2 Å². The number of imide groups is 1. The van der Waals surface area contributed by atoms with Crippen LogP contribution in [0.3, 0.4) is 0 Å². The molecule has 1 aromatic heterocycles. The van der Waals surface area contributed by atoms with Gasteiger partial charge in [0.2, 0.25) is 17.7 Å². The number of anilines is 1. The van der Waals surface area contributed by atoms with Gasteiger partial charge >= 0.3 is 0 Å². The van der Waals surface area contributed by atoms with E-state index < -0.39 is 46.8 Å². The van der Waals surface area contributed by atoms with Gasteiger partial charge in [0.25, 0.3) is 5.91 Å². The highest BCUT2D eigenvalue weighted by Crippen LogP contribution is 2.49. The number of carbonyl (C=O) groups is 4. The first kappa shape index (κ1) is 46.5. The summed E-state index contributed by atoms with van der Waals surface area (Å²) in [4.78, 5) is 66.4.